The number of hydrogen-bond donors (Lipinski definition) is 3. The minimum Gasteiger partial charge on any atom is -0.375 e. The molecule has 1 aliphatic heterocycles. The van der Waals surface area contributed by atoms with Gasteiger partial charge in [-0.05, 0) is 12.8 Å². The van der Waals surface area contributed by atoms with Gasteiger partial charge in [0.1, 0.15) is 6.61 Å². The first kappa shape index (κ1) is 16.4. The molecule has 5 N–H and O–H groups in total. The van der Waals surface area contributed by atoms with E-state index in [4.69, 9.17) is 16.2 Å². The molecule has 8 nitrogen and oxygen atoms in total. The zero-order valence-electron chi connectivity index (χ0n) is 11.6. The summed E-state index contributed by atoms with van der Waals surface area (Å²) in [6, 6.07) is -0.846. The number of likely N-dealkylation sites (tertiary alicyclic amines) is 1. The first-order valence-electron chi connectivity index (χ1n) is 6.55. The average Bonchev–Trinajstić information content (AvgIpc) is 2.38. The standard InChI is InChI=1S/C12H22N4O4/c1-20-7-11(18)15-8-2-4-16(5-3-8)12(19)9(13)6-10(14)17/h8-9H,2-7,13H2,1H3,(H2,14,17)(H,15,18). The van der Waals surface area contributed by atoms with Crippen molar-refractivity contribution in [2.24, 2.45) is 11.5 Å². The molecule has 114 valence electrons. The smallest absolute Gasteiger partial charge is 0.246 e. The third-order valence-electron chi connectivity index (χ3n) is 3.19. The van der Waals surface area contributed by atoms with Crippen LogP contribution in [0, 0.1) is 0 Å². The maximum Gasteiger partial charge on any atom is 0.246 e. The van der Waals surface area contributed by atoms with E-state index in [1.807, 2.05) is 0 Å². The second kappa shape index (κ2) is 7.81. The lowest BCUT2D eigenvalue weighted by Gasteiger charge is -2.33. The lowest BCUT2D eigenvalue weighted by molar-refractivity contribution is -0.135. The Hall–Kier alpha value is -1.67. The summed E-state index contributed by atoms with van der Waals surface area (Å²) in [4.78, 5) is 35.7. The molecule has 1 atom stereocenters. The Morgan fingerprint density at radius 2 is 1.95 bits per heavy atom. The van der Waals surface area contributed by atoms with Crippen LogP contribution in [0.2, 0.25) is 0 Å². The molecule has 0 bridgehead atoms. The highest BCUT2D eigenvalue weighted by atomic mass is 16.5. The van der Waals surface area contributed by atoms with Crippen molar-refractivity contribution in [2.45, 2.75) is 31.3 Å². The van der Waals surface area contributed by atoms with Crippen molar-refractivity contribution in [2.75, 3.05) is 26.8 Å². The Morgan fingerprint density at radius 3 is 2.45 bits per heavy atom. The van der Waals surface area contributed by atoms with Crippen LogP contribution in [0.4, 0.5) is 0 Å². The highest BCUT2D eigenvalue weighted by Crippen LogP contribution is 2.11. The van der Waals surface area contributed by atoms with Crippen molar-refractivity contribution >= 4 is 17.7 Å². The first-order chi connectivity index (χ1) is 9.43. The van der Waals surface area contributed by atoms with Crippen molar-refractivity contribution < 1.29 is 19.1 Å². The average molecular weight is 286 g/mol. The molecule has 1 unspecified atom stereocenters. The van der Waals surface area contributed by atoms with Crippen LogP contribution in [-0.4, -0.2) is 61.5 Å². The minimum absolute atomic E-state index is 0.0304. The molecule has 8 heteroatoms. The number of nitrogens with one attached hydrogen (secondary N) is 1. The zero-order valence-corrected chi connectivity index (χ0v) is 11.6. The van der Waals surface area contributed by atoms with Gasteiger partial charge in [-0.25, -0.2) is 0 Å². The number of nitrogens with zero attached hydrogens (tertiary/aromatic N) is 1. The molecule has 1 heterocycles. The Kier molecular flexibility index (Phi) is 6.40. The summed E-state index contributed by atoms with van der Waals surface area (Å²) in [5.74, 6) is -1.03. The lowest BCUT2D eigenvalue weighted by Crippen LogP contribution is -2.52. The SMILES string of the molecule is COCC(=O)NC1CCN(C(=O)C(N)CC(N)=O)CC1. The van der Waals surface area contributed by atoms with E-state index in [1.54, 1.807) is 4.90 Å². The van der Waals surface area contributed by atoms with Gasteiger partial charge in [0.2, 0.25) is 17.7 Å². The van der Waals surface area contributed by atoms with Crippen LogP contribution < -0.4 is 16.8 Å². The van der Waals surface area contributed by atoms with Crippen molar-refractivity contribution in [3.05, 3.63) is 0 Å². The van der Waals surface area contributed by atoms with Gasteiger partial charge in [-0.1, -0.05) is 0 Å². The molecule has 0 aliphatic carbocycles. The number of primary amides is 1. The molecule has 1 rings (SSSR count). The second-order valence-corrected chi connectivity index (χ2v) is 4.88. The maximum atomic E-state index is 12.0. The number of ether oxygens (including phenoxy) is 1. The Morgan fingerprint density at radius 1 is 1.35 bits per heavy atom. The van der Waals surface area contributed by atoms with Gasteiger partial charge >= 0.3 is 0 Å². The molecule has 3 amide bonds. The van der Waals surface area contributed by atoms with Crippen molar-refractivity contribution in [1.82, 2.24) is 10.2 Å². The highest BCUT2D eigenvalue weighted by Gasteiger charge is 2.27. The summed E-state index contributed by atoms with van der Waals surface area (Å²) in [7, 11) is 1.46. The molecule has 0 aromatic heterocycles. The molecular weight excluding hydrogens is 264 g/mol. The largest absolute Gasteiger partial charge is 0.375 e. The second-order valence-electron chi connectivity index (χ2n) is 4.88. The van der Waals surface area contributed by atoms with Crippen LogP contribution in [0.5, 0.6) is 0 Å². The maximum absolute atomic E-state index is 12.0. The van der Waals surface area contributed by atoms with E-state index >= 15 is 0 Å². The minimum atomic E-state index is -0.882. The van der Waals surface area contributed by atoms with Crippen molar-refractivity contribution in [3.8, 4) is 0 Å². The number of nitrogens with two attached hydrogens (primary N) is 2. The van der Waals surface area contributed by atoms with E-state index in [1.165, 1.54) is 7.11 Å². The van der Waals surface area contributed by atoms with Gasteiger partial charge in [-0.2, -0.15) is 0 Å². The van der Waals surface area contributed by atoms with Crippen molar-refractivity contribution in [1.29, 1.82) is 0 Å². The summed E-state index contributed by atoms with van der Waals surface area (Å²) < 4.78 is 4.74. The number of amides is 3. The number of piperidine rings is 1. The van der Waals surface area contributed by atoms with Gasteiger partial charge in [-0.15, -0.1) is 0 Å². The van der Waals surface area contributed by atoms with Crippen molar-refractivity contribution in [3.63, 3.8) is 0 Å². The van der Waals surface area contributed by atoms with Gasteiger partial charge in [-0.3, -0.25) is 14.4 Å². The molecule has 1 saturated heterocycles. The van der Waals surface area contributed by atoms with Crippen LogP contribution >= 0.6 is 0 Å². The molecule has 0 radical (unpaired) electrons. The summed E-state index contributed by atoms with van der Waals surface area (Å²) in [5, 5.41) is 2.83. The van der Waals surface area contributed by atoms with Crippen LogP contribution in [0.15, 0.2) is 0 Å². The highest BCUT2D eigenvalue weighted by molar-refractivity contribution is 5.87. The number of carbonyl (C=O) groups excluding carboxylic acids is 3. The summed E-state index contributed by atoms with van der Waals surface area (Å²) in [6.45, 7) is 1.04. The van der Waals surface area contributed by atoms with Crippen LogP contribution in [0.25, 0.3) is 0 Å². The Bertz CT molecular complexity index is 366. The third kappa shape index (κ3) is 5.14. The van der Waals surface area contributed by atoms with Crippen LogP contribution in [-0.2, 0) is 19.1 Å². The van der Waals surface area contributed by atoms with E-state index in [0.29, 0.717) is 25.9 Å². The summed E-state index contributed by atoms with van der Waals surface area (Å²) in [5.41, 5.74) is 10.6. The van der Waals surface area contributed by atoms with E-state index in [2.05, 4.69) is 5.32 Å². The van der Waals surface area contributed by atoms with Gasteiger partial charge < -0.3 is 26.4 Å². The van der Waals surface area contributed by atoms with Gasteiger partial charge in [0.25, 0.3) is 0 Å². The molecular formula is C12H22N4O4. The molecule has 0 aromatic rings. The first-order valence-corrected chi connectivity index (χ1v) is 6.55. The number of hydrogen-bond acceptors (Lipinski definition) is 5. The Balaban J connectivity index is 2.36. The number of carbonyl (C=O) groups is 3. The monoisotopic (exact) mass is 286 g/mol. The van der Waals surface area contributed by atoms with Gasteiger partial charge in [0, 0.05) is 26.2 Å². The molecule has 0 aromatic carbocycles. The third-order valence-corrected chi connectivity index (χ3v) is 3.19. The molecule has 1 aliphatic rings. The fourth-order valence-electron chi connectivity index (χ4n) is 2.18. The predicted molar refractivity (Wildman–Crippen MR) is 71.4 cm³/mol. The van der Waals surface area contributed by atoms with Crippen LogP contribution in [0.3, 0.4) is 0 Å². The predicted octanol–water partition coefficient (Wildman–Crippen LogP) is -2.06. The summed E-state index contributed by atoms with van der Waals surface area (Å²) in [6.07, 6.45) is 1.16. The fourth-order valence-corrected chi connectivity index (χ4v) is 2.18. The molecule has 0 saturated carbocycles. The number of rotatable bonds is 6. The van der Waals surface area contributed by atoms with Gasteiger partial charge in [0.05, 0.1) is 12.5 Å². The lowest BCUT2D eigenvalue weighted by atomic mass is 10.0. The quantitative estimate of drug-likeness (QED) is 0.517. The van der Waals surface area contributed by atoms with E-state index in [-0.39, 0.29) is 30.9 Å². The van der Waals surface area contributed by atoms with Gasteiger partial charge in [0.15, 0.2) is 0 Å². The molecule has 20 heavy (non-hydrogen) atoms. The fraction of sp³-hybridized carbons (Fsp3) is 0.750. The normalized spacial score (nSPS) is 17.6. The zero-order chi connectivity index (χ0) is 15.1. The Labute approximate surface area is 117 Å². The van der Waals surface area contributed by atoms with E-state index < -0.39 is 11.9 Å². The topological polar surface area (TPSA) is 128 Å². The van der Waals surface area contributed by atoms with E-state index in [0.717, 1.165) is 0 Å². The number of methoxy groups -OCH3 is 1. The molecule has 1 fully saturated rings. The van der Waals surface area contributed by atoms with Crippen LogP contribution in [0.1, 0.15) is 19.3 Å². The van der Waals surface area contributed by atoms with E-state index in [9.17, 15) is 14.4 Å². The summed E-state index contributed by atoms with van der Waals surface area (Å²) >= 11 is 0. The molecule has 0 spiro atoms.